The second-order valence-corrected chi connectivity index (χ2v) is 4.54. The molecule has 3 nitrogen and oxygen atoms in total. The second-order valence-electron chi connectivity index (χ2n) is 4.54. The summed E-state index contributed by atoms with van der Waals surface area (Å²) in [6.07, 6.45) is 2.67. The molecule has 0 spiro atoms. The van der Waals surface area contributed by atoms with Crippen molar-refractivity contribution in [3.63, 3.8) is 0 Å². The maximum Gasteiger partial charge on any atom is 0.240 e. The quantitative estimate of drug-likeness (QED) is 0.745. The summed E-state index contributed by atoms with van der Waals surface area (Å²) in [7, 11) is 0. The number of hydrogen-bond donors (Lipinski definition) is 1. The summed E-state index contributed by atoms with van der Waals surface area (Å²) in [5.74, 6) is 0.606. The van der Waals surface area contributed by atoms with Crippen LogP contribution in [0.1, 0.15) is 40.0 Å². The Morgan fingerprint density at radius 3 is 2.57 bits per heavy atom. The van der Waals surface area contributed by atoms with Crippen LogP contribution in [-0.4, -0.2) is 11.9 Å². The number of nitrogens with one attached hydrogen (secondary N) is 1. The van der Waals surface area contributed by atoms with Crippen LogP contribution in [0.15, 0.2) is 0 Å². The van der Waals surface area contributed by atoms with Gasteiger partial charge < -0.3 is 5.32 Å². The molecule has 1 saturated carbocycles. The Morgan fingerprint density at radius 1 is 1.64 bits per heavy atom. The van der Waals surface area contributed by atoms with Gasteiger partial charge in [0, 0.05) is 6.04 Å². The molecule has 14 heavy (non-hydrogen) atoms. The molecule has 0 aromatic heterocycles. The molecule has 1 fully saturated rings. The molecular formula is C11H18N2O. The average molecular weight is 194 g/mol. The van der Waals surface area contributed by atoms with E-state index in [-0.39, 0.29) is 5.91 Å². The monoisotopic (exact) mass is 194 g/mol. The van der Waals surface area contributed by atoms with Crippen LogP contribution in [0.5, 0.6) is 0 Å². The number of hydrogen-bond acceptors (Lipinski definition) is 2. The summed E-state index contributed by atoms with van der Waals surface area (Å²) in [6.45, 7) is 5.74. The maximum absolute atomic E-state index is 11.7. The first kappa shape index (κ1) is 11.0. The predicted molar refractivity (Wildman–Crippen MR) is 54.3 cm³/mol. The van der Waals surface area contributed by atoms with Crippen molar-refractivity contribution in [1.29, 1.82) is 5.26 Å². The summed E-state index contributed by atoms with van der Waals surface area (Å²) in [5.41, 5.74) is -0.848. The fourth-order valence-electron chi connectivity index (χ4n) is 1.66. The van der Waals surface area contributed by atoms with Crippen molar-refractivity contribution in [3.05, 3.63) is 0 Å². The SMILES string of the molecule is CCC(C)(C#N)C(=O)NC1CC(C)C1. The van der Waals surface area contributed by atoms with Gasteiger partial charge in [-0.1, -0.05) is 13.8 Å². The number of carbonyl (C=O) groups is 1. The highest BCUT2D eigenvalue weighted by atomic mass is 16.2. The highest BCUT2D eigenvalue weighted by Crippen LogP contribution is 2.28. The third-order valence-electron chi connectivity index (χ3n) is 3.16. The topological polar surface area (TPSA) is 52.9 Å². The van der Waals surface area contributed by atoms with E-state index in [1.165, 1.54) is 0 Å². The standard InChI is InChI=1S/C11H18N2O/c1-4-11(3,7-12)10(14)13-9-5-8(2)6-9/h8-9H,4-6H2,1-3H3,(H,13,14). The van der Waals surface area contributed by atoms with E-state index in [9.17, 15) is 4.79 Å². The molecule has 0 saturated heterocycles. The Bertz CT molecular complexity index is 263. The van der Waals surface area contributed by atoms with Crippen molar-refractivity contribution in [2.24, 2.45) is 11.3 Å². The van der Waals surface area contributed by atoms with Crippen LogP contribution in [0.2, 0.25) is 0 Å². The lowest BCUT2D eigenvalue weighted by Gasteiger charge is -2.35. The van der Waals surface area contributed by atoms with E-state index in [1.807, 2.05) is 6.92 Å². The maximum atomic E-state index is 11.7. The van der Waals surface area contributed by atoms with Gasteiger partial charge in [0.1, 0.15) is 5.41 Å². The zero-order chi connectivity index (χ0) is 10.8. The zero-order valence-electron chi connectivity index (χ0n) is 9.13. The van der Waals surface area contributed by atoms with E-state index >= 15 is 0 Å². The summed E-state index contributed by atoms with van der Waals surface area (Å²) in [6, 6.07) is 2.38. The summed E-state index contributed by atoms with van der Waals surface area (Å²) >= 11 is 0. The van der Waals surface area contributed by atoms with E-state index in [0.29, 0.717) is 12.5 Å². The normalized spacial score (nSPS) is 29.6. The number of rotatable bonds is 3. The molecule has 1 atom stereocenters. The van der Waals surface area contributed by atoms with Gasteiger partial charge in [0.2, 0.25) is 5.91 Å². The van der Waals surface area contributed by atoms with Crippen LogP contribution in [0, 0.1) is 22.7 Å². The van der Waals surface area contributed by atoms with Crippen molar-refractivity contribution in [1.82, 2.24) is 5.32 Å². The summed E-state index contributed by atoms with van der Waals surface area (Å²) in [4.78, 5) is 11.7. The molecule has 1 amide bonds. The molecule has 1 N–H and O–H groups in total. The lowest BCUT2D eigenvalue weighted by Crippen LogP contribution is -2.48. The number of nitrogens with zero attached hydrogens (tertiary/aromatic N) is 1. The lowest BCUT2D eigenvalue weighted by molar-refractivity contribution is -0.129. The molecule has 0 radical (unpaired) electrons. The van der Waals surface area contributed by atoms with Gasteiger partial charge >= 0.3 is 0 Å². The Balaban J connectivity index is 2.46. The fourth-order valence-corrected chi connectivity index (χ4v) is 1.66. The molecular weight excluding hydrogens is 176 g/mol. The van der Waals surface area contributed by atoms with Crippen LogP contribution in [0.3, 0.4) is 0 Å². The first-order valence-electron chi connectivity index (χ1n) is 5.24. The first-order valence-corrected chi connectivity index (χ1v) is 5.24. The third-order valence-corrected chi connectivity index (χ3v) is 3.16. The van der Waals surface area contributed by atoms with Gasteiger partial charge in [-0.3, -0.25) is 4.79 Å². The number of carbonyl (C=O) groups excluding carboxylic acids is 1. The van der Waals surface area contributed by atoms with Gasteiger partial charge in [0.25, 0.3) is 0 Å². The first-order chi connectivity index (χ1) is 6.51. The predicted octanol–water partition coefficient (Wildman–Crippen LogP) is 1.84. The molecule has 1 unspecified atom stereocenters. The van der Waals surface area contributed by atoms with E-state index in [4.69, 9.17) is 5.26 Å². The minimum Gasteiger partial charge on any atom is -0.352 e. The van der Waals surface area contributed by atoms with Crippen LogP contribution in [-0.2, 0) is 4.79 Å². The van der Waals surface area contributed by atoms with Gasteiger partial charge in [-0.2, -0.15) is 5.26 Å². The minimum absolute atomic E-state index is 0.112. The number of amides is 1. The summed E-state index contributed by atoms with van der Waals surface area (Å²) in [5, 5.41) is 11.8. The van der Waals surface area contributed by atoms with E-state index in [0.717, 1.165) is 18.8 Å². The third kappa shape index (κ3) is 2.06. The van der Waals surface area contributed by atoms with Crippen LogP contribution in [0.25, 0.3) is 0 Å². The average Bonchev–Trinajstić information content (AvgIpc) is 2.14. The Kier molecular flexibility index (Phi) is 3.15. The molecule has 1 rings (SSSR count). The highest BCUT2D eigenvalue weighted by Gasteiger charge is 2.35. The molecule has 0 aliphatic heterocycles. The minimum atomic E-state index is -0.848. The number of nitriles is 1. The molecule has 0 bridgehead atoms. The molecule has 78 valence electrons. The van der Waals surface area contributed by atoms with Crippen molar-refractivity contribution in [2.75, 3.05) is 0 Å². The molecule has 3 heteroatoms. The van der Waals surface area contributed by atoms with E-state index in [2.05, 4.69) is 18.3 Å². The van der Waals surface area contributed by atoms with Crippen molar-refractivity contribution >= 4 is 5.91 Å². The van der Waals surface area contributed by atoms with Crippen molar-refractivity contribution in [2.45, 2.75) is 46.1 Å². The van der Waals surface area contributed by atoms with E-state index < -0.39 is 5.41 Å². The van der Waals surface area contributed by atoms with Gasteiger partial charge in [0.05, 0.1) is 6.07 Å². The molecule has 0 heterocycles. The highest BCUT2D eigenvalue weighted by molar-refractivity contribution is 5.85. The van der Waals surface area contributed by atoms with Gasteiger partial charge in [-0.25, -0.2) is 0 Å². The Hall–Kier alpha value is -1.04. The molecule has 0 aromatic carbocycles. The van der Waals surface area contributed by atoms with Crippen LogP contribution < -0.4 is 5.32 Å². The van der Waals surface area contributed by atoms with E-state index in [1.54, 1.807) is 6.92 Å². The summed E-state index contributed by atoms with van der Waals surface area (Å²) < 4.78 is 0. The molecule has 1 aliphatic carbocycles. The smallest absolute Gasteiger partial charge is 0.240 e. The van der Waals surface area contributed by atoms with Crippen molar-refractivity contribution < 1.29 is 4.79 Å². The molecule has 1 aliphatic rings. The largest absolute Gasteiger partial charge is 0.352 e. The Morgan fingerprint density at radius 2 is 2.21 bits per heavy atom. The van der Waals surface area contributed by atoms with Crippen molar-refractivity contribution in [3.8, 4) is 6.07 Å². The van der Waals surface area contributed by atoms with Gasteiger partial charge in [-0.15, -0.1) is 0 Å². The van der Waals surface area contributed by atoms with Crippen LogP contribution in [0.4, 0.5) is 0 Å². The zero-order valence-corrected chi connectivity index (χ0v) is 9.13. The molecule has 0 aromatic rings. The van der Waals surface area contributed by atoms with Gasteiger partial charge in [0.15, 0.2) is 0 Å². The lowest BCUT2D eigenvalue weighted by atomic mass is 9.80. The van der Waals surface area contributed by atoms with Crippen LogP contribution >= 0.6 is 0 Å². The van der Waals surface area contributed by atoms with Gasteiger partial charge in [-0.05, 0) is 32.1 Å². The second kappa shape index (κ2) is 4.00. The Labute approximate surface area is 85.5 Å². The fraction of sp³-hybridized carbons (Fsp3) is 0.818.